The number of benzene rings is 2. The molecule has 0 saturated carbocycles. The van der Waals surface area contributed by atoms with Crippen LogP contribution in [0.4, 0.5) is 0 Å². The maximum atomic E-state index is 6.27. The monoisotopic (exact) mass is 305 g/mol. The Morgan fingerprint density at radius 2 is 1.85 bits per heavy atom. The standard InChI is InChI=1S/C16H13Cl2NO/c1-9-6-10(2-4-13(9)18)16(19)15-8-11-7-12(17)3-5-14(11)20-15/h2-8,16H,19H2,1H3. The average Bonchev–Trinajstić information content (AvgIpc) is 2.84. The van der Waals surface area contributed by atoms with E-state index in [-0.39, 0.29) is 6.04 Å². The molecular weight excluding hydrogens is 293 g/mol. The van der Waals surface area contributed by atoms with Gasteiger partial charge in [-0.05, 0) is 48.4 Å². The number of furan rings is 1. The summed E-state index contributed by atoms with van der Waals surface area (Å²) in [5, 5.41) is 2.37. The minimum atomic E-state index is -0.322. The molecule has 3 aromatic rings. The van der Waals surface area contributed by atoms with E-state index in [1.165, 1.54) is 0 Å². The van der Waals surface area contributed by atoms with Crippen molar-refractivity contribution in [3.8, 4) is 0 Å². The summed E-state index contributed by atoms with van der Waals surface area (Å²) in [6.45, 7) is 1.96. The van der Waals surface area contributed by atoms with Gasteiger partial charge < -0.3 is 10.2 Å². The highest BCUT2D eigenvalue weighted by molar-refractivity contribution is 6.31. The zero-order valence-electron chi connectivity index (χ0n) is 10.9. The Kier molecular flexibility index (Phi) is 3.47. The van der Waals surface area contributed by atoms with Gasteiger partial charge in [0.15, 0.2) is 0 Å². The quantitative estimate of drug-likeness (QED) is 0.715. The number of nitrogens with two attached hydrogens (primary N) is 1. The van der Waals surface area contributed by atoms with Gasteiger partial charge >= 0.3 is 0 Å². The molecule has 0 amide bonds. The number of rotatable bonds is 2. The van der Waals surface area contributed by atoms with Crippen molar-refractivity contribution in [1.82, 2.24) is 0 Å². The van der Waals surface area contributed by atoms with Crippen LogP contribution in [-0.4, -0.2) is 0 Å². The largest absolute Gasteiger partial charge is 0.459 e. The van der Waals surface area contributed by atoms with E-state index in [0.717, 1.165) is 27.1 Å². The van der Waals surface area contributed by atoms with E-state index in [0.29, 0.717) is 10.8 Å². The molecule has 0 aliphatic rings. The van der Waals surface area contributed by atoms with Gasteiger partial charge in [0.2, 0.25) is 0 Å². The molecule has 0 fully saturated rings. The van der Waals surface area contributed by atoms with E-state index in [1.807, 2.05) is 43.3 Å². The number of fused-ring (bicyclic) bond motifs is 1. The Labute approximate surface area is 127 Å². The smallest absolute Gasteiger partial charge is 0.134 e. The summed E-state index contributed by atoms with van der Waals surface area (Å²) in [5.74, 6) is 0.712. The molecule has 1 aromatic heterocycles. The minimum absolute atomic E-state index is 0.322. The zero-order chi connectivity index (χ0) is 14.3. The third-order valence-electron chi connectivity index (χ3n) is 3.35. The SMILES string of the molecule is Cc1cc(C(N)c2cc3cc(Cl)ccc3o2)ccc1Cl. The molecule has 1 atom stereocenters. The van der Waals surface area contributed by atoms with Crippen LogP contribution >= 0.6 is 23.2 Å². The van der Waals surface area contributed by atoms with Gasteiger partial charge in [-0.2, -0.15) is 0 Å². The third kappa shape index (κ3) is 2.42. The van der Waals surface area contributed by atoms with E-state index < -0.39 is 0 Å². The Balaban J connectivity index is 2.02. The molecule has 0 aliphatic heterocycles. The lowest BCUT2D eigenvalue weighted by molar-refractivity contribution is 0.525. The first-order valence-electron chi connectivity index (χ1n) is 6.25. The van der Waals surface area contributed by atoms with Crippen LogP contribution in [0.15, 0.2) is 46.9 Å². The van der Waals surface area contributed by atoms with Crippen LogP contribution in [0.1, 0.15) is 22.9 Å². The van der Waals surface area contributed by atoms with Crippen LogP contribution in [-0.2, 0) is 0 Å². The second-order valence-corrected chi connectivity index (χ2v) is 5.66. The van der Waals surface area contributed by atoms with Gasteiger partial charge in [0.1, 0.15) is 11.3 Å². The Morgan fingerprint density at radius 1 is 1.05 bits per heavy atom. The predicted molar refractivity (Wildman–Crippen MR) is 83.4 cm³/mol. The number of hydrogen-bond donors (Lipinski definition) is 1. The van der Waals surface area contributed by atoms with Gasteiger partial charge in [0, 0.05) is 15.4 Å². The molecule has 0 saturated heterocycles. The molecule has 3 rings (SSSR count). The van der Waals surface area contributed by atoms with Crippen molar-refractivity contribution in [3.05, 3.63) is 69.4 Å². The van der Waals surface area contributed by atoms with Crippen LogP contribution in [0, 0.1) is 6.92 Å². The molecule has 0 spiro atoms. The maximum Gasteiger partial charge on any atom is 0.134 e. The average molecular weight is 306 g/mol. The lowest BCUT2D eigenvalue weighted by Crippen LogP contribution is -2.10. The summed E-state index contributed by atoms with van der Waals surface area (Å²) in [6, 6.07) is 12.9. The fourth-order valence-electron chi connectivity index (χ4n) is 2.21. The van der Waals surface area contributed by atoms with Crippen molar-refractivity contribution in [2.45, 2.75) is 13.0 Å². The Bertz CT molecular complexity index is 779. The van der Waals surface area contributed by atoms with E-state index in [9.17, 15) is 0 Å². The molecule has 4 heteroatoms. The van der Waals surface area contributed by atoms with Crippen LogP contribution in [0.25, 0.3) is 11.0 Å². The predicted octanol–water partition coefficient (Wildman–Crippen LogP) is 5.10. The van der Waals surface area contributed by atoms with Gasteiger partial charge in [0.05, 0.1) is 6.04 Å². The van der Waals surface area contributed by atoms with Crippen LogP contribution < -0.4 is 5.73 Å². The molecular formula is C16H13Cl2NO. The summed E-state index contributed by atoms with van der Waals surface area (Å²) >= 11 is 12.0. The van der Waals surface area contributed by atoms with E-state index >= 15 is 0 Å². The van der Waals surface area contributed by atoms with Crippen LogP contribution in [0.5, 0.6) is 0 Å². The number of hydrogen-bond acceptors (Lipinski definition) is 2. The van der Waals surface area contributed by atoms with Crippen molar-refractivity contribution in [2.75, 3.05) is 0 Å². The highest BCUT2D eigenvalue weighted by Crippen LogP contribution is 2.29. The van der Waals surface area contributed by atoms with Crippen molar-refractivity contribution >= 4 is 34.2 Å². The first-order chi connectivity index (χ1) is 9.54. The van der Waals surface area contributed by atoms with Gasteiger partial charge in [-0.3, -0.25) is 0 Å². The summed E-state index contributed by atoms with van der Waals surface area (Å²) in [4.78, 5) is 0. The third-order valence-corrected chi connectivity index (χ3v) is 4.00. The molecule has 2 N–H and O–H groups in total. The summed E-state index contributed by atoms with van der Waals surface area (Å²) in [6.07, 6.45) is 0. The molecule has 0 bridgehead atoms. The van der Waals surface area contributed by atoms with E-state index in [2.05, 4.69) is 0 Å². The molecule has 1 heterocycles. The van der Waals surface area contributed by atoms with E-state index in [4.69, 9.17) is 33.4 Å². The first-order valence-corrected chi connectivity index (χ1v) is 7.01. The first kappa shape index (κ1) is 13.5. The van der Waals surface area contributed by atoms with Crippen molar-refractivity contribution in [2.24, 2.45) is 5.73 Å². The Morgan fingerprint density at radius 3 is 2.60 bits per heavy atom. The number of aryl methyl sites for hydroxylation is 1. The van der Waals surface area contributed by atoms with Gasteiger partial charge in [-0.1, -0.05) is 35.3 Å². The second-order valence-electron chi connectivity index (χ2n) is 4.82. The molecule has 0 aliphatic carbocycles. The van der Waals surface area contributed by atoms with E-state index in [1.54, 1.807) is 6.07 Å². The Hall–Kier alpha value is -1.48. The fourth-order valence-corrected chi connectivity index (χ4v) is 2.51. The highest BCUT2D eigenvalue weighted by atomic mass is 35.5. The van der Waals surface area contributed by atoms with Crippen molar-refractivity contribution < 1.29 is 4.42 Å². The summed E-state index contributed by atoms with van der Waals surface area (Å²) in [5.41, 5.74) is 9.02. The van der Waals surface area contributed by atoms with Gasteiger partial charge in [-0.25, -0.2) is 0 Å². The molecule has 20 heavy (non-hydrogen) atoms. The van der Waals surface area contributed by atoms with Gasteiger partial charge in [0.25, 0.3) is 0 Å². The maximum absolute atomic E-state index is 6.27. The zero-order valence-corrected chi connectivity index (χ0v) is 12.4. The van der Waals surface area contributed by atoms with Crippen LogP contribution in [0.3, 0.4) is 0 Å². The lowest BCUT2D eigenvalue weighted by Gasteiger charge is -2.10. The normalized spacial score (nSPS) is 12.8. The summed E-state index contributed by atoms with van der Waals surface area (Å²) in [7, 11) is 0. The molecule has 1 unspecified atom stereocenters. The number of halogens is 2. The lowest BCUT2D eigenvalue weighted by atomic mass is 10.0. The minimum Gasteiger partial charge on any atom is -0.459 e. The second kappa shape index (κ2) is 5.13. The molecule has 2 aromatic carbocycles. The molecule has 102 valence electrons. The van der Waals surface area contributed by atoms with Gasteiger partial charge in [-0.15, -0.1) is 0 Å². The molecule has 2 nitrogen and oxygen atoms in total. The van der Waals surface area contributed by atoms with Crippen molar-refractivity contribution in [3.63, 3.8) is 0 Å². The highest BCUT2D eigenvalue weighted by Gasteiger charge is 2.15. The fraction of sp³-hybridized carbons (Fsp3) is 0.125. The molecule has 0 radical (unpaired) electrons. The van der Waals surface area contributed by atoms with Crippen molar-refractivity contribution in [1.29, 1.82) is 0 Å². The topological polar surface area (TPSA) is 39.2 Å². The summed E-state index contributed by atoms with van der Waals surface area (Å²) < 4.78 is 5.79. The van der Waals surface area contributed by atoms with Crippen LogP contribution in [0.2, 0.25) is 10.0 Å².